The molecular weight excluding hydrogens is 304 g/mol. The van der Waals surface area contributed by atoms with Crippen LogP contribution in [0.25, 0.3) is 0 Å². The zero-order valence-electron chi connectivity index (χ0n) is 14.9. The Bertz CT molecular complexity index is 586. The van der Waals surface area contributed by atoms with Crippen LogP contribution in [0.1, 0.15) is 56.6 Å². The van der Waals surface area contributed by atoms with Crippen molar-refractivity contribution in [3.8, 4) is 5.75 Å². The molecule has 0 saturated heterocycles. The van der Waals surface area contributed by atoms with Gasteiger partial charge in [0.05, 0.1) is 7.11 Å². The lowest BCUT2D eigenvalue weighted by molar-refractivity contribution is -0.128. The molecule has 5 nitrogen and oxygen atoms in total. The number of benzene rings is 1. The lowest BCUT2D eigenvalue weighted by Crippen LogP contribution is -2.45. The smallest absolute Gasteiger partial charge is 0.242 e. The first-order chi connectivity index (χ1) is 11.5. The lowest BCUT2D eigenvalue weighted by Gasteiger charge is -2.26. The standard InChI is InChI=1S/C19H28N2O3/c1-4-10-20-19(23)13(2)21-18(22)12-15-7-5-6-14-11-16(24-3)8-9-17(14)15/h8-9,11,13,15H,4-7,10,12H2,1-3H3,(H,20,23)(H,21,22)/t13-,15+/m0/s1. The third-order valence-electron chi connectivity index (χ3n) is 4.54. The van der Waals surface area contributed by atoms with Gasteiger partial charge in [-0.1, -0.05) is 13.0 Å². The van der Waals surface area contributed by atoms with Gasteiger partial charge in [-0.05, 0) is 61.8 Å². The molecule has 5 heteroatoms. The van der Waals surface area contributed by atoms with Gasteiger partial charge in [-0.25, -0.2) is 0 Å². The Labute approximate surface area is 144 Å². The van der Waals surface area contributed by atoms with E-state index in [1.165, 1.54) is 11.1 Å². The summed E-state index contributed by atoms with van der Waals surface area (Å²) >= 11 is 0. The third kappa shape index (κ3) is 4.73. The molecule has 0 saturated carbocycles. The van der Waals surface area contributed by atoms with Crippen molar-refractivity contribution >= 4 is 11.8 Å². The molecule has 0 bridgehead atoms. The molecule has 1 aliphatic carbocycles. The van der Waals surface area contributed by atoms with Crippen LogP contribution >= 0.6 is 0 Å². The SMILES string of the molecule is CCCNC(=O)[C@H](C)NC(=O)C[C@H]1CCCc2cc(OC)ccc21. The van der Waals surface area contributed by atoms with Crippen molar-refractivity contribution in [2.75, 3.05) is 13.7 Å². The molecule has 1 aliphatic rings. The van der Waals surface area contributed by atoms with E-state index < -0.39 is 6.04 Å². The van der Waals surface area contributed by atoms with Gasteiger partial charge >= 0.3 is 0 Å². The number of amides is 2. The average molecular weight is 332 g/mol. The Morgan fingerprint density at radius 1 is 1.38 bits per heavy atom. The molecule has 0 unspecified atom stereocenters. The Morgan fingerprint density at radius 2 is 2.17 bits per heavy atom. The van der Waals surface area contributed by atoms with E-state index in [4.69, 9.17) is 4.74 Å². The van der Waals surface area contributed by atoms with E-state index in [1.54, 1.807) is 14.0 Å². The number of carbonyl (C=O) groups is 2. The second kappa shape index (κ2) is 8.71. The highest BCUT2D eigenvalue weighted by Gasteiger charge is 2.24. The van der Waals surface area contributed by atoms with E-state index in [1.807, 2.05) is 13.0 Å². The summed E-state index contributed by atoms with van der Waals surface area (Å²) < 4.78 is 5.28. The summed E-state index contributed by atoms with van der Waals surface area (Å²) in [4.78, 5) is 24.2. The van der Waals surface area contributed by atoms with Crippen LogP contribution in [0.2, 0.25) is 0 Å². The highest BCUT2D eigenvalue weighted by atomic mass is 16.5. The molecule has 132 valence electrons. The minimum Gasteiger partial charge on any atom is -0.497 e. The van der Waals surface area contributed by atoms with Crippen LogP contribution in [0.5, 0.6) is 5.75 Å². The third-order valence-corrected chi connectivity index (χ3v) is 4.54. The highest BCUT2D eigenvalue weighted by molar-refractivity contribution is 5.87. The van der Waals surface area contributed by atoms with Crippen LogP contribution < -0.4 is 15.4 Å². The van der Waals surface area contributed by atoms with E-state index in [0.717, 1.165) is 31.4 Å². The monoisotopic (exact) mass is 332 g/mol. The zero-order valence-corrected chi connectivity index (χ0v) is 14.9. The first-order valence-corrected chi connectivity index (χ1v) is 8.79. The van der Waals surface area contributed by atoms with Gasteiger partial charge in [-0.2, -0.15) is 0 Å². The van der Waals surface area contributed by atoms with Crippen molar-refractivity contribution in [1.29, 1.82) is 0 Å². The van der Waals surface area contributed by atoms with Crippen LogP contribution in [0.15, 0.2) is 18.2 Å². The number of hydrogen-bond acceptors (Lipinski definition) is 3. The van der Waals surface area contributed by atoms with Gasteiger partial charge in [-0.15, -0.1) is 0 Å². The highest BCUT2D eigenvalue weighted by Crippen LogP contribution is 2.35. The molecule has 2 rings (SSSR count). The van der Waals surface area contributed by atoms with E-state index in [0.29, 0.717) is 13.0 Å². The molecular formula is C19H28N2O3. The van der Waals surface area contributed by atoms with Gasteiger partial charge in [0.2, 0.25) is 11.8 Å². The van der Waals surface area contributed by atoms with Crippen molar-refractivity contribution in [3.05, 3.63) is 29.3 Å². The quantitative estimate of drug-likeness (QED) is 0.806. The summed E-state index contributed by atoms with van der Waals surface area (Å²) in [5, 5.41) is 5.62. The molecule has 0 radical (unpaired) electrons. The topological polar surface area (TPSA) is 67.4 Å². The Kier molecular flexibility index (Phi) is 6.64. The molecule has 2 amide bonds. The van der Waals surface area contributed by atoms with Crippen LogP contribution in [0.4, 0.5) is 0 Å². The van der Waals surface area contributed by atoms with E-state index in [9.17, 15) is 9.59 Å². The molecule has 1 aromatic carbocycles. The first-order valence-electron chi connectivity index (χ1n) is 8.79. The maximum atomic E-state index is 12.3. The first kappa shape index (κ1) is 18.3. The largest absolute Gasteiger partial charge is 0.497 e. The maximum absolute atomic E-state index is 12.3. The maximum Gasteiger partial charge on any atom is 0.242 e. The fraction of sp³-hybridized carbons (Fsp3) is 0.579. The number of rotatable bonds is 7. The normalized spacial score (nSPS) is 17.5. The number of ether oxygens (including phenoxy) is 1. The lowest BCUT2D eigenvalue weighted by atomic mass is 9.81. The number of methoxy groups -OCH3 is 1. The Morgan fingerprint density at radius 3 is 2.88 bits per heavy atom. The van der Waals surface area contributed by atoms with Gasteiger partial charge in [0.25, 0.3) is 0 Å². The van der Waals surface area contributed by atoms with Crippen molar-refractivity contribution in [3.63, 3.8) is 0 Å². The fourth-order valence-corrected chi connectivity index (χ4v) is 3.22. The summed E-state index contributed by atoms with van der Waals surface area (Å²) in [6.07, 6.45) is 4.41. The molecule has 0 heterocycles. The van der Waals surface area contributed by atoms with Gasteiger partial charge in [0.15, 0.2) is 0 Å². The van der Waals surface area contributed by atoms with E-state index >= 15 is 0 Å². The van der Waals surface area contributed by atoms with Crippen LogP contribution in [0, 0.1) is 0 Å². The molecule has 0 aromatic heterocycles. The number of aryl methyl sites for hydroxylation is 1. The molecule has 1 aromatic rings. The summed E-state index contributed by atoms with van der Waals surface area (Å²) in [5.41, 5.74) is 2.51. The predicted molar refractivity (Wildman–Crippen MR) is 94.2 cm³/mol. The number of nitrogens with one attached hydrogen (secondary N) is 2. The van der Waals surface area contributed by atoms with Crippen molar-refractivity contribution in [2.45, 2.75) is 57.9 Å². The van der Waals surface area contributed by atoms with Crippen LogP contribution in [-0.4, -0.2) is 31.5 Å². The summed E-state index contributed by atoms with van der Waals surface area (Å²) in [5.74, 6) is 0.882. The zero-order chi connectivity index (χ0) is 17.5. The van der Waals surface area contributed by atoms with E-state index in [-0.39, 0.29) is 17.7 Å². The van der Waals surface area contributed by atoms with Crippen LogP contribution in [-0.2, 0) is 16.0 Å². The minimum absolute atomic E-state index is 0.0668. The van der Waals surface area contributed by atoms with Gasteiger partial charge in [0.1, 0.15) is 11.8 Å². The van der Waals surface area contributed by atoms with Gasteiger partial charge in [-0.3, -0.25) is 9.59 Å². The number of carbonyl (C=O) groups excluding carboxylic acids is 2. The molecule has 2 atom stereocenters. The van der Waals surface area contributed by atoms with Crippen molar-refractivity contribution in [2.24, 2.45) is 0 Å². The summed E-state index contributed by atoms with van der Waals surface area (Å²) in [7, 11) is 1.67. The number of hydrogen-bond donors (Lipinski definition) is 2. The second-order valence-corrected chi connectivity index (χ2v) is 6.44. The summed E-state index contributed by atoms with van der Waals surface area (Å²) in [6, 6.07) is 5.60. The Balaban J connectivity index is 1.94. The van der Waals surface area contributed by atoms with E-state index in [2.05, 4.69) is 22.8 Å². The van der Waals surface area contributed by atoms with Gasteiger partial charge in [0, 0.05) is 13.0 Å². The van der Waals surface area contributed by atoms with Crippen LogP contribution in [0.3, 0.4) is 0 Å². The second-order valence-electron chi connectivity index (χ2n) is 6.44. The molecule has 24 heavy (non-hydrogen) atoms. The minimum atomic E-state index is -0.497. The van der Waals surface area contributed by atoms with Crippen molar-refractivity contribution < 1.29 is 14.3 Å². The average Bonchev–Trinajstić information content (AvgIpc) is 2.59. The van der Waals surface area contributed by atoms with Gasteiger partial charge < -0.3 is 15.4 Å². The molecule has 0 fully saturated rings. The molecule has 0 spiro atoms. The fourth-order valence-electron chi connectivity index (χ4n) is 3.22. The van der Waals surface area contributed by atoms with Crippen molar-refractivity contribution in [1.82, 2.24) is 10.6 Å². The number of fused-ring (bicyclic) bond motifs is 1. The molecule has 0 aliphatic heterocycles. The predicted octanol–water partition coefficient (Wildman–Crippen LogP) is 2.54. The summed E-state index contributed by atoms with van der Waals surface area (Å²) in [6.45, 7) is 4.36. The Hall–Kier alpha value is -2.04. The molecule has 2 N–H and O–H groups in total.